The van der Waals surface area contributed by atoms with Crippen molar-refractivity contribution in [1.29, 1.82) is 0 Å². The van der Waals surface area contributed by atoms with E-state index in [2.05, 4.69) is 16.3 Å². The number of aromatic nitrogens is 1. The Hall–Kier alpha value is -2.61. The molecule has 1 N–H and O–H groups in total. The number of hydrogen-bond donors (Lipinski definition) is 1. The molecule has 0 spiro atoms. The van der Waals surface area contributed by atoms with Crippen LogP contribution in [-0.2, 0) is 11.3 Å². The standard InChI is InChI=1S/C27H26ClN3O2S2/c1-17-10-11-21(13-22(17)28)29-26(33)25(19-6-3-2-4-7-19)35-27(34)30-14-18-12-20(16-30)23-8-5-9-24(32)31(23)15-18/h2-11,13,18,20,25H,12,14-16H2,1H3,(H,29,33). The quantitative estimate of drug-likeness (QED) is 0.449. The lowest BCUT2D eigenvalue weighted by Crippen LogP contribution is -2.48. The van der Waals surface area contributed by atoms with Crippen LogP contribution in [0.15, 0.2) is 71.5 Å². The third kappa shape index (κ3) is 5.17. The van der Waals surface area contributed by atoms with Crippen LogP contribution in [0.1, 0.15) is 34.4 Å². The van der Waals surface area contributed by atoms with Gasteiger partial charge in [-0.15, -0.1) is 0 Å². The fourth-order valence-corrected chi connectivity index (χ4v) is 6.58. The van der Waals surface area contributed by atoms with Crippen molar-refractivity contribution in [2.45, 2.75) is 31.1 Å². The molecule has 0 saturated carbocycles. The Balaban J connectivity index is 1.35. The predicted molar refractivity (Wildman–Crippen MR) is 147 cm³/mol. The van der Waals surface area contributed by atoms with Crippen LogP contribution in [0.3, 0.4) is 0 Å². The van der Waals surface area contributed by atoms with Crippen LogP contribution in [0.25, 0.3) is 0 Å². The average molecular weight is 524 g/mol. The van der Waals surface area contributed by atoms with Gasteiger partial charge in [0, 0.05) is 48.0 Å². The van der Waals surface area contributed by atoms with Crippen LogP contribution in [0.4, 0.5) is 5.69 Å². The Morgan fingerprint density at radius 1 is 1.09 bits per heavy atom. The number of thioether (sulfide) groups is 1. The molecule has 3 heterocycles. The summed E-state index contributed by atoms with van der Waals surface area (Å²) in [6.07, 6.45) is 1.06. The number of nitrogens with one attached hydrogen (secondary N) is 1. The maximum Gasteiger partial charge on any atom is 0.250 e. The second-order valence-electron chi connectivity index (χ2n) is 9.23. The van der Waals surface area contributed by atoms with E-state index in [4.69, 9.17) is 23.8 Å². The zero-order valence-electron chi connectivity index (χ0n) is 19.3. The minimum atomic E-state index is -0.500. The van der Waals surface area contributed by atoms with Gasteiger partial charge in [-0.05, 0) is 48.6 Å². The molecule has 3 atom stereocenters. The van der Waals surface area contributed by atoms with Gasteiger partial charge >= 0.3 is 0 Å². The van der Waals surface area contributed by atoms with Crippen LogP contribution >= 0.6 is 35.6 Å². The Labute approximate surface area is 219 Å². The topological polar surface area (TPSA) is 54.3 Å². The molecule has 3 aromatic rings. The largest absolute Gasteiger partial charge is 0.356 e. The summed E-state index contributed by atoms with van der Waals surface area (Å²) in [6.45, 7) is 4.19. The summed E-state index contributed by atoms with van der Waals surface area (Å²) < 4.78 is 2.62. The van der Waals surface area contributed by atoms with Gasteiger partial charge in [-0.2, -0.15) is 0 Å². The van der Waals surface area contributed by atoms with E-state index in [-0.39, 0.29) is 17.4 Å². The highest BCUT2D eigenvalue weighted by molar-refractivity contribution is 8.23. The van der Waals surface area contributed by atoms with Crippen LogP contribution in [0.2, 0.25) is 5.02 Å². The average Bonchev–Trinajstić information content (AvgIpc) is 2.85. The lowest BCUT2D eigenvalue weighted by Gasteiger charge is -2.43. The molecule has 0 aliphatic carbocycles. The highest BCUT2D eigenvalue weighted by atomic mass is 35.5. The Morgan fingerprint density at radius 3 is 2.66 bits per heavy atom. The smallest absolute Gasteiger partial charge is 0.250 e. The summed E-state index contributed by atoms with van der Waals surface area (Å²) >= 11 is 13.6. The molecule has 8 heteroatoms. The summed E-state index contributed by atoms with van der Waals surface area (Å²) in [4.78, 5) is 28.0. The fraction of sp³-hybridized carbons (Fsp3) is 0.296. The molecule has 35 heavy (non-hydrogen) atoms. The molecule has 2 bridgehead atoms. The third-order valence-corrected chi connectivity index (χ3v) is 8.87. The fourth-order valence-electron chi connectivity index (χ4n) is 5.00. The number of thiocarbonyl (C=S) groups is 1. The number of nitrogens with zero attached hydrogens (tertiary/aromatic N) is 2. The number of carbonyl (C=O) groups is 1. The Kier molecular flexibility index (Phi) is 7.00. The van der Waals surface area contributed by atoms with Gasteiger partial charge in [-0.1, -0.05) is 78.0 Å². The molecular weight excluding hydrogens is 498 g/mol. The molecule has 2 aliphatic heterocycles. The van der Waals surface area contributed by atoms with Crippen LogP contribution in [0.5, 0.6) is 0 Å². The first kappa shape index (κ1) is 24.1. The number of amides is 1. The van der Waals surface area contributed by atoms with E-state index in [0.29, 0.717) is 27.5 Å². The third-order valence-electron chi connectivity index (χ3n) is 6.74. The minimum Gasteiger partial charge on any atom is -0.356 e. The van der Waals surface area contributed by atoms with Crippen LogP contribution in [-0.4, -0.2) is 32.8 Å². The second-order valence-corrected chi connectivity index (χ2v) is 11.4. The second kappa shape index (κ2) is 10.2. The number of carbonyl (C=O) groups excluding carboxylic acids is 1. The molecule has 2 aromatic carbocycles. The van der Waals surface area contributed by atoms with Crippen LogP contribution in [0, 0.1) is 12.8 Å². The number of likely N-dealkylation sites (tertiary alicyclic amines) is 1. The lowest BCUT2D eigenvalue weighted by atomic mass is 9.83. The number of benzene rings is 2. The van der Waals surface area contributed by atoms with Crippen molar-refractivity contribution in [3.8, 4) is 0 Å². The Bertz CT molecular complexity index is 1330. The van der Waals surface area contributed by atoms with E-state index in [1.54, 1.807) is 12.1 Å². The maximum absolute atomic E-state index is 13.4. The number of piperidine rings is 1. The number of anilines is 1. The van der Waals surface area contributed by atoms with Gasteiger partial charge in [-0.25, -0.2) is 0 Å². The molecule has 2 aliphatic rings. The maximum atomic E-state index is 13.4. The van der Waals surface area contributed by atoms with E-state index >= 15 is 0 Å². The van der Waals surface area contributed by atoms with Crippen LogP contribution < -0.4 is 10.9 Å². The number of aryl methyl sites for hydroxylation is 1. The first-order chi connectivity index (χ1) is 16.9. The van der Waals surface area contributed by atoms with Gasteiger partial charge in [0.2, 0.25) is 5.91 Å². The predicted octanol–water partition coefficient (Wildman–Crippen LogP) is 5.63. The van der Waals surface area contributed by atoms with Gasteiger partial charge in [0.15, 0.2) is 0 Å². The summed E-state index contributed by atoms with van der Waals surface area (Å²) in [5, 5.41) is 3.13. The monoisotopic (exact) mass is 523 g/mol. The van der Waals surface area contributed by atoms with Crippen molar-refractivity contribution in [2.24, 2.45) is 5.92 Å². The van der Waals surface area contributed by atoms with Gasteiger partial charge in [0.05, 0.1) is 0 Å². The number of rotatable bonds is 4. The molecule has 5 nitrogen and oxygen atoms in total. The van der Waals surface area contributed by atoms with E-state index in [0.717, 1.165) is 36.3 Å². The zero-order valence-corrected chi connectivity index (χ0v) is 21.7. The number of halogens is 1. The highest BCUT2D eigenvalue weighted by Gasteiger charge is 2.36. The van der Waals surface area contributed by atoms with Gasteiger partial charge in [0.1, 0.15) is 9.57 Å². The van der Waals surface area contributed by atoms with Crippen molar-refractivity contribution >= 4 is 51.5 Å². The summed E-state index contributed by atoms with van der Waals surface area (Å²) in [6, 6.07) is 20.8. The molecule has 1 aromatic heterocycles. The highest BCUT2D eigenvalue weighted by Crippen LogP contribution is 2.39. The number of fused-ring (bicyclic) bond motifs is 4. The van der Waals surface area contributed by atoms with Gasteiger partial charge in [0.25, 0.3) is 5.56 Å². The van der Waals surface area contributed by atoms with Crippen molar-refractivity contribution in [2.75, 3.05) is 18.4 Å². The Morgan fingerprint density at radius 2 is 1.89 bits per heavy atom. The van der Waals surface area contributed by atoms with Crippen molar-refractivity contribution < 1.29 is 4.79 Å². The SMILES string of the molecule is Cc1ccc(NC(=O)C(SC(=S)N2CC3CC(C2)c2cccc(=O)n2C3)c2ccccc2)cc1Cl. The van der Waals surface area contributed by atoms with Crippen molar-refractivity contribution in [3.05, 3.63) is 98.9 Å². The molecule has 1 fully saturated rings. The van der Waals surface area contributed by atoms with Gasteiger partial charge in [-0.3, -0.25) is 9.59 Å². The normalized spacial score (nSPS) is 19.5. The molecule has 0 radical (unpaired) electrons. The first-order valence-electron chi connectivity index (χ1n) is 11.7. The van der Waals surface area contributed by atoms with Crippen molar-refractivity contribution in [3.63, 3.8) is 0 Å². The molecule has 180 valence electrons. The van der Waals surface area contributed by atoms with Crippen molar-refractivity contribution in [1.82, 2.24) is 9.47 Å². The van der Waals surface area contributed by atoms with E-state index in [1.165, 1.54) is 11.8 Å². The summed E-state index contributed by atoms with van der Waals surface area (Å²) in [5.74, 6) is 0.477. The molecule has 5 rings (SSSR count). The number of hydrogen-bond acceptors (Lipinski definition) is 4. The van der Waals surface area contributed by atoms with Gasteiger partial charge < -0.3 is 14.8 Å². The zero-order chi connectivity index (χ0) is 24.5. The lowest BCUT2D eigenvalue weighted by molar-refractivity contribution is -0.115. The van der Waals surface area contributed by atoms with E-state index in [9.17, 15) is 9.59 Å². The van der Waals surface area contributed by atoms with E-state index in [1.807, 2.05) is 60.0 Å². The first-order valence-corrected chi connectivity index (χ1v) is 13.3. The molecule has 1 amide bonds. The summed E-state index contributed by atoms with van der Waals surface area (Å²) in [5.41, 5.74) is 3.66. The molecule has 3 unspecified atom stereocenters. The molecule has 1 saturated heterocycles. The molecular formula is C27H26ClN3O2S2. The van der Waals surface area contributed by atoms with E-state index < -0.39 is 5.25 Å². The summed E-state index contributed by atoms with van der Waals surface area (Å²) in [7, 11) is 0. The number of pyridine rings is 1. The minimum absolute atomic E-state index is 0.0691.